The second-order valence-corrected chi connectivity index (χ2v) is 5.07. The van der Waals surface area contributed by atoms with E-state index >= 15 is 0 Å². The highest BCUT2D eigenvalue weighted by molar-refractivity contribution is 5.73. The van der Waals surface area contributed by atoms with E-state index in [4.69, 9.17) is 14.6 Å². The highest BCUT2D eigenvalue weighted by Crippen LogP contribution is 2.15. The number of carbonyl (C=O) groups excluding carboxylic acids is 1. The van der Waals surface area contributed by atoms with Crippen molar-refractivity contribution < 1.29 is 24.2 Å². The van der Waals surface area contributed by atoms with Crippen LogP contribution in [-0.4, -0.2) is 41.5 Å². The van der Waals surface area contributed by atoms with E-state index in [1.54, 1.807) is 20.8 Å². The number of ether oxygens (including phenoxy) is 2. The molecule has 0 radical (unpaired) electrons. The lowest BCUT2D eigenvalue weighted by Crippen LogP contribution is -2.45. The van der Waals surface area contributed by atoms with Crippen LogP contribution < -0.4 is 5.32 Å². The SMILES string of the molecule is CC(C)(C)OC(=O)N[C@H]1CCO[C@@H](C(=O)O)C1. The maximum absolute atomic E-state index is 11.5. The van der Waals surface area contributed by atoms with Crippen LogP contribution in [0.15, 0.2) is 0 Å². The third kappa shape index (κ3) is 5.04. The van der Waals surface area contributed by atoms with Gasteiger partial charge < -0.3 is 19.9 Å². The van der Waals surface area contributed by atoms with E-state index in [0.717, 1.165) is 0 Å². The minimum Gasteiger partial charge on any atom is -0.479 e. The van der Waals surface area contributed by atoms with Crippen LogP contribution >= 0.6 is 0 Å². The number of hydrogen-bond donors (Lipinski definition) is 2. The van der Waals surface area contributed by atoms with Gasteiger partial charge in [0.05, 0.1) is 0 Å². The molecule has 98 valence electrons. The molecule has 1 aliphatic heterocycles. The summed E-state index contributed by atoms with van der Waals surface area (Å²) in [5.74, 6) is -0.999. The fraction of sp³-hybridized carbons (Fsp3) is 0.818. The molecule has 0 spiro atoms. The van der Waals surface area contributed by atoms with E-state index in [1.165, 1.54) is 0 Å². The molecule has 0 bridgehead atoms. The van der Waals surface area contributed by atoms with Crippen molar-refractivity contribution in [1.29, 1.82) is 0 Å². The fourth-order valence-corrected chi connectivity index (χ4v) is 1.57. The van der Waals surface area contributed by atoms with Crippen LogP contribution in [0.5, 0.6) is 0 Å². The second-order valence-electron chi connectivity index (χ2n) is 5.07. The molecule has 0 aromatic carbocycles. The molecule has 1 aliphatic rings. The molecule has 6 heteroatoms. The molecule has 0 aliphatic carbocycles. The van der Waals surface area contributed by atoms with Gasteiger partial charge in [0.15, 0.2) is 6.10 Å². The normalized spacial score (nSPS) is 25.1. The molecule has 1 amide bonds. The molecule has 0 unspecified atom stereocenters. The van der Waals surface area contributed by atoms with Crippen LogP contribution in [0.1, 0.15) is 33.6 Å². The molecule has 1 fully saturated rings. The molecule has 2 atom stereocenters. The van der Waals surface area contributed by atoms with Crippen molar-refractivity contribution in [3.05, 3.63) is 0 Å². The van der Waals surface area contributed by atoms with Gasteiger partial charge in [0.25, 0.3) is 0 Å². The maximum atomic E-state index is 11.5. The Balaban J connectivity index is 2.41. The lowest BCUT2D eigenvalue weighted by atomic mass is 10.0. The molecular weight excluding hydrogens is 226 g/mol. The molecule has 0 aromatic heterocycles. The van der Waals surface area contributed by atoms with Crippen molar-refractivity contribution in [3.63, 3.8) is 0 Å². The Morgan fingerprint density at radius 3 is 2.59 bits per heavy atom. The van der Waals surface area contributed by atoms with Gasteiger partial charge in [-0.1, -0.05) is 0 Å². The number of hydrogen-bond acceptors (Lipinski definition) is 4. The van der Waals surface area contributed by atoms with Crippen LogP contribution in [0.4, 0.5) is 4.79 Å². The lowest BCUT2D eigenvalue weighted by molar-refractivity contribution is -0.154. The quantitative estimate of drug-likeness (QED) is 0.762. The van der Waals surface area contributed by atoms with Crippen molar-refractivity contribution in [2.24, 2.45) is 0 Å². The molecule has 1 saturated heterocycles. The van der Waals surface area contributed by atoms with Gasteiger partial charge in [-0.05, 0) is 27.2 Å². The Morgan fingerprint density at radius 1 is 1.41 bits per heavy atom. The third-order valence-corrected chi connectivity index (χ3v) is 2.28. The smallest absolute Gasteiger partial charge is 0.407 e. The van der Waals surface area contributed by atoms with Crippen LogP contribution in [0, 0.1) is 0 Å². The van der Waals surface area contributed by atoms with Crippen molar-refractivity contribution in [3.8, 4) is 0 Å². The summed E-state index contributed by atoms with van der Waals surface area (Å²) >= 11 is 0. The van der Waals surface area contributed by atoms with E-state index in [9.17, 15) is 9.59 Å². The minimum atomic E-state index is -0.999. The first kappa shape index (κ1) is 13.8. The summed E-state index contributed by atoms with van der Waals surface area (Å²) in [7, 11) is 0. The number of carbonyl (C=O) groups is 2. The van der Waals surface area contributed by atoms with Gasteiger partial charge in [-0.3, -0.25) is 0 Å². The summed E-state index contributed by atoms with van der Waals surface area (Å²) in [5.41, 5.74) is -0.554. The number of carboxylic acid groups (broad SMARTS) is 1. The van der Waals surface area contributed by atoms with Crippen molar-refractivity contribution >= 4 is 12.1 Å². The number of alkyl carbamates (subject to hydrolysis) is 1. The van der Waals surface area contributed by atoms with E-state index in [-0.39, 0.29) is 12.5 Å². The maximum Gasteiger partial charge on any atom is 0.407 e. The summed E-state index contributed by atoms with van der Waals surface area (Å²) < 4.78 is 10.2. The summed E-state index contributed by atoms with van der Waals surface area (Å²) in [5, 5.41) is 11.5. The van der Waals surface area contributed by atoms with Gasteiger partial charge in [-0.25, -0.2) is 9.59 Å². The van der Waals surface area contributed by atoms with Crippen LogP contribution in [0.3, 0.4) is 0 Å². The van der Waals surface area contributed by atoms with Gasteiger partial charge in [0.2, 0.25) is 0 Å². The summed E-state index contributed by atoms with van der Waals surface area (Å²) in [6, 6.07) is -0.209. The third-order valence-electron chi connectivity index (χ3n) is 2.28. The largest absolute Gasteiger partial charge is 0.479 e. The highest BCUT2D eigenvalue weighted by atomic mass is 16.6. The Morgan fingerprint density at radius 2 is 2.06 bits per heavy atom. The Bertz CT molecular complexity index is 297. The predicted octanol–water partition coefficient (Wildman–Crippen LogP) is 1.14. The highest BCUT2D eigenvalue weighted by Gasteiger charge is 2.29. The van der Waals surface area contributed by atoms with Gasteiger partial charge in [-0.15, -0.1) is 0 Å². The number of amides is 1. The summed E-state index contributed by atoms with van der Waals surface area (Å²) in [6.45, 7) is 5.65. The standard InChI is InChI=1S/C11H19NO5/c1-11(2,3)17-10(15)12-7-4-5-16-8(6-7)9(13)14/h7-8H,4-6H2,1-3H3,(H,12,15)(H,13,14)/t7-,8+/m0/s1. The molecule has 1 rings (SSSR count). The fourth-order valence-electron chi connectivity index (χ4n) is 1.57. The molecule has 1 heterocycles. The molecule has 0 aromatic rings. The van der Waals surface area contributed by atoms with Gasteiger partial charge in [0.1, 0.15) is 5.60 Å². The Kier molecular flexibility index (Phi) is 4.34. The number of rotatable bonds is 2. The van der Waals surface area contributed by atoms with E-state index in [2.05, 4.69) is 5.32 Å². The molecule has 6 nitrogen and oxygen atoms in total. The van der Waals surface area contributed by atoms with Crippen LogP contribution in [0.25, 0.3) is 0 Å². The van der Waals surface area contributed by atoms with E-state index < -0.39 is 23.8 Å². The Hall–Kier alpha value is -1.30. The summed E-state index contributed by atoms with van der Waals surface area (Å²) in [6.07, 6.45) is -0.491. The van der Waals surface area contributed by atoms with Crippen LogP contribution in [-0.2, 0) is 14.3 Å². The lowest BCUT2D eigenvalue weighted by Gasteiger charge is -2.28. The molecule has 2 N–H and O–H groups in total. The topological polar surface area (TPSA) is 84.9 Å². The predicted molar refractivity (Wildman–Crippen MR) is 59.8 cm³/mol. The first-order valence-electron chi connectivity index (χ1n) is 5.62. The first-order valence-corrected chi connectivity index (χ1v) is 5.62. The van der Waals surface area contributed by atoms with Gasteiger partial charge in [-0.2, -0.15) is 0 Å². The number of carboxylic acids is 1. The van der Waals surface area contributed by atoms with Crippen molar-refractivity contribution in [1.82, 2.24) is 5.32 Å². The Labute approximate surface area is 100 Å². The van der Waals surface area contributed by atoms with E-state index in [1.807, 2.05) is 0 Å². The summed E-state index contributed by atoms with van der Waals surface area (Å²) in [4.78, 5) is 22.2. The first-order chi connectivity index (χ1) is 7.78. The molecule has 17 heavy (non-hydrogen) atoms. The van der Waals surface area contributed by atoms with Crippen molar-refractivity contribution in [2.75, 3.05) is 6.61 Å². The van der Waals surface area contributed by atoms with Gasteiger partial charge in [0, 0.05) is 19.1 Å². The average molecular weight is 245 g/mol. The number of aliphatic carboxylic acids is 1. The zero-order chi connectivity index (χ0) is 13.1. The minimum absolute atomic E-state index is 0.209. The van der Waals surface area contributed by atoms with Crippen LogP contribution in [0.2, 0.25) is 0 Å². The van der Waals surface area contributed by atoms with Gasteiger partial charge >= 0.3 is 12.1 Å². The zero-order valence-electron chi connectivity index (χ0n) is 10.4. The molecular formula is C11H19NO5. The zero-order valence-corrected chi connectivity index (χ0v) is 10.4. The number of nitrogens with one attached hydrogen (secondary N) is 1. The average Bonchev–Trinajstić information content (AvgIpc) is 2.14. The van der Waals surface area contributed by atoms with Crippen molar-refractivity contribution in [2.45, 2.75) is 51.4 Å². The van der Waals surface area contributed by atoms with E-state index in [0.29, 0.717) is 13.0 Å². The monoisotopic (exact) mass is 245 g/mol. The second kappa shape index (κ2) is 5.35. The molecule has 0 saturated carbocycles.